The number of aromatic amines is 1. The van der Waals surface area contributed by atoms with Gasteiger partial charge in [-0.05, 0) is 56.0 Å². The summed E-state index contributed by atoms with van der Waals surface area (Å²) in [6, 6.07) is 10.3. The Morgan fingerprint density at radius 1 is 0.978 bits per heavy atom. The summed E-state index contributed by atoms with van der Waals surface area (Å²) in [5.41, 5.74) is 11.8. The third kappa shape index (κ3) is 5.16. The van der Waals surface area contributed by atoms with Crippen molar-refractivity contribution in [3.8, 4) is 28.3 Å². The number of nitrogens with two attached hydrogens (primary N) is 1. The van der Waals surface area contributed by atoms with E-state index < -0.39 is 17.5 Å². The normalized spacial score (nSPS) is 14.9. The van der Waals surface area contributed by atoms with E-state index in [0.29, 0.717) is 52.5 Å². The number of aromatic nitrogens is 5. The lowest BCUT2D eigenvalue weighted by molar-refractivity contribution is 0.412. The maximum atomic E-state index is 15.2. The minimum Gasteiger partial charge on any atom is -0.497 e. The predicted molar refractivity (Wildman–Crippen MR) is 169 cm³/mol. The quantitative estimate of drug-likeness (QED) is 0.212. The smallest absolute Gasteiger partial charge is 0.154 e. The third-order valence-electron chi connectivity index (χ3n) is 8.63. The summed E-state index contributed by atoms with van der Waals surface area (Å²) in [5, 5.41) is 0.720. The number of nitrogens with zero attached hydrogens (tertiary/aromatic N) is 5. The van der Waals surface area contributed by atoms with Gasteiger partial charge in [-0.2, -0.15) is 0 Å². The van der Waals surface area contributed by atoms with E-state index in [1.165, 1.54) is 25.3 Å². The van der Waals surface area contributed by atoms with E-state index in [0.717, 1.165) is 41.2 Å². The summed E-state index contributed by atoms with van der Waals surface area (Å²) in [6.07, 6.45) is 6.91. The van der Waals surface area contributed by atoms with E-state index in [9.17, 15) is 8.78 Å². The van der Waals surface area contributed by atoms with Crippen LogP contribution in [0.5, 0.6) is 5.75 Å². The number of pyridine rings is 2. The van der Waals surface area contributed by atoms with Crippen molar-refractivity contribution in [2.75, 3.05) is 25.1 Å². The van der Waals surface area contributed by atoms with Crippen molar-refractivity contribution in [3.63, 3.8) is 0 Å². The van der Waals surface area contributed by atoms with Gasteiger partial charge in [-0.25, -0.2) is 23.1 Å². The SMILES string of the molecule is COc1cc(F)c2nc(-c3cn(C(C)c4ccc(C)cn4)c4ncc(-c5cc(F)cc(F)c5)c(N5CCC(N)CC5)c34)[nH]c2c1. The van der Waals surface area contributed by atoms with Gasteiger partial charge < -0.3 is 24.9 Å². The van der Waals surface area contributed by atoms with Gasteiger partial charge in [0.25, 0.3) is 0 Å². The second kappa shape index (κ2) is 11.2. The van der Waals surface area contributed by atoms with Crippen molar-refractivity contribution < 1.29 is 17.9 Å². The highest BCUT2D eigenvalue weighted by molar-refractivity contribution is 6.08. The summed E-state index contributed by atoms with van der Waals surface area (Å²) in [6.45, 7) is 5.28. The first-order chi connectivity index (χ1) is 21.7. The van der Waals surface area contributed by atoms with Crippen LogP contribution in [-0.4, -0.2) is 50.7 Å². The molecule has 8 nitrogen and oxygen atoms in total. The van der Waals surface area contributed by atoms with Gasteiger partial charge in [0, 0.05) is 67.0 Å². The Morgan fingerprint density at radius 2 is 1.73 bits per heavy atom. The Bertz CT molecular complexity index is 2030. The van der Waals surface area contributed by atoms with Crippen LogP contribution in [0.4, 0.5) is 18.9 Å². The molecule has 1 aliphatic heterocycles. The predicted octanol–water partition coefficient (Wildman–Crippen LogP) is 6.91. The Balaban J connectivity index is 1.54. The summed E-state index contributed by atoms with van der Waals surface area (Å²) in [7, 11) is 1.48. The van der Waals surface area contributed by atoms with Crippen LogP contribution in [0.2, 0.25) is 0 Å². The molecule has 0 amide bonds. The van der Waals surface area contributed by atoms with E-state index in [1.807, 2.05) is 42.9 Å². The summed E-state index contributed by atoms with van der Waals surface area (Å²) in [5.74, 6) is -1.11. The number of methoxy groups -OCH3 is 1. The second-order valence-corrected chi connectivity index (χ2v) is 11.7. The Morgan fingerprint density at radius 3 is 2.42 bits per heavy atom. The van der Waals surface area contributed by atoms with Crippen molar-refractivity contribution >= 4 is 27.8 Å². The minimum atomic E-state index is -0.685. The van der Waals surface area contributed by atoms with Crippen LogP contribution in [0.1, 0.15) is 37.1 Å². The van der Waals surface area contributed by atoms with Gasteiger partial charge in [0.2, 0.25) is 0 Å². The molecule has 0 saturated carbocycles. The van der Waals surface area contributed by atoms with Crippen molar-refractivity contribution in [2.24, 2.45) is 5.73 Å². The Kier molecular flexibility index (Phi) is 7.20. The highest BCUT2D eigenvalue weighted by Gasteiger charge is 2.29. The molecule has 3 N–H and O–H groups in total. The number of ether oxygens (including phenoxy) is 1. The largest absolute Gasteiger partial charge is 0.497 e. The topological polar surface area (TPSA) is 97.9 Å². The number of hydrogen-bond donors (Lipinski definition) is 2. The molecule has 1 aliphatic rings. The van der Waals surface area contributed by atoms with Gasteiger partial charge in [0.15, 0.2) is 5.82 Å². The van der Waals surface area contributed by atoms with E-state index in [2.05, 4.69) is 14.9 Å². The molecule has 4 aromatic heterocycles. The van der Waals surface area contributed by atoms with E-state index >= 15 is 4.39 Å². The number of nitrogens with one attached hydrogen (secondary N) is 1. The van der Waals surface area contributed by atoms with Crippen molar-refractivity contribution in [1.82, 2.24) is 24.5 Å². The molecule has 7 rings (SSSR count). The zero-order chi connectivity index (χ0) is 31.4. The zero-order valence-corrected chi connectivity index (χ0v) is 25.1. The number of benzene rings is 2. The number of aryl methyl sites for hydroxylation is 1. The van der Waals surface area contributed by atoms with Crippen LogP contribution in [0.15, 0.2) is 61.1 Å². The van der Waals surface area contributed by atoms with Crippen LogP contribution in [-0.2, 0) is 0 Å². The number of halogens is 3. The molecular weight excluding hydrogens is 579 g/mol. The molecule has 1 saturated heterocycles. The molecule has 1 atom stereocenters. The first kappa shape index (κ1) is 28.8. The van der Waals surface area contributed by atoms with Crippen molar-refractivity contribution in [1.29, 1.82) is 0 Å². The molecule has 5 heterocycles. The fraction of sp³-hybridized carbons (Fsp3) is 0.265. The maximum Gasteiger partial charge on any atom is 0.154 e. The molecule has 1 unspecified atom stereocenters. The molecule has 6 aromatic rings. The van der Waals surface area contributed by atoms with Crippen molar-refractivity contribution in [2.45, 2.75) is 38.8 Å². The molecule has 2 aromatic carbocycles. The molecule has 11 heteroatoms. The molecule has 0 bridgehead atoms. The lowest BCUT2D eigenvalue weighted by atomic mass is 9.98. The first-order valence-corrected chi connectivity index (χ1v) is 14.9. The molecule has 230 valence electrons. The van der Waals surface area contributed by atoms with Crippen molar-refractivity contribution in [3.05, 3.63) is 89.8 Å². The number of fused-ring (bicyclic) bond motifs is 2. The van der Waals surface area contributed by atoms with Crippen LogP contribution in [0.25, 0.3) is 44.6 Å². The molecular formula is C34H32F3N7O. The van der Waals surface area contributed by atoms with Crippen LogP contribution in [0.3, 0.4) is 0 Å². The highest BCUT2D eigenvalue weighted by atomic mass is 19.1. The fourth-order valence-electron chi connectivity index (χ4n) is 6.21. The molecule has 0 radical (unpaired) electrons. The number of imidazole rings is 1. The van der Waals surface area contributed by atoms with E-state index in [4.69, 9.17) is 20.4 Å². The number of rotatable bonds is 6. The molecule has 0 aliphatic carbocycles. The zero-order valence-electron chi connectivity index (χ0n) is 25.1. The van der Waals surface area contributed by atoms with Crippen LogP contribution < -0.4 is 15.4 Å². The molecule has 45 heavy (non-hydrogen) atoms. The molecule has 0 spiro atoms. The maximum absolute atomic E-state index is 15.2. The lowest BCUT2D eigenvalue weighted by Crippen LogP contribution is -2.40. The van der Waals surface area contributed by atoms with Gasteiger partial charge in [-0.15, -0.1) is 0 Å². The van der Waals surface area contributed by atoms with Gasteiger partial charge >= 0.3 is 0 Å². The van der Waals surface area contributed by atoms with Gasteiger partial charge in [0.1, 0.15) is 34.4 Å². The monoisotopic (exact) mass is 611 g/mol. The standard InChI is InChI=1S/C34H32F3N7O/c1-18-4-5-28(39-15-18)19(2)44-17-26(33-41-29-14-24(45-3)13-27(37)31(29)42-33)30-32(43-8-6-23(38)7-9-43)25(16-40-34(30)44)20-10-21(35)12-22(36)11-20/h4-5,10-17,19,23H,6-9,38H2,1-3H3,(H,41,42). The summed E-state index contributed by atoms with van der Waals surface area (Å²) < 4.78 is 51.6. The number of hydrogen-bond acceptors (Lipinski definition) is 6. The summed E-state index contributed by atoms with van der Waals surface area (Å²) >= 11 is 0. The first-order valence-electron chi connectivity index (χ1n) is 14.9. The lowest BCUT2D eigenvalue weighted by Gasteiger charge is -2.34. The average molecular weight is 612 g/mol. The fourth-order valence-corrected chi connectivity index (χ4v) is 6.21. The van der Waals surface area contributed by atoms with Crippen LogP contribution in [0, 0.1) is 24.4 Å². The van der Waals surface area contributed by atoms with E-state index in [1.54, 1.807) is 12.3 Å². The minimum absolute atomic E-state index is 0.0543. The summed E-state index contributed by atoms with van der Waals surface area (Å²) in [4.78, 5) is 19.7. The number of anilines is 1. The van der Waals surface area contributed by atoms with Gasteiger partial charge in [0.05, 0.1) is 35.4 Å². The molecule has 1 fully saturated rings. The number of piperidine rings is 1. The van der Waals surface area contributed by atoms with Gasteiger partial charge in [-0.1, -0.05) is 6.07 Å². The third-order valence-corrected chi connectivity index (χ3v) is 8.63. The van der Waals surface area contributed by atoms with Crippen LogP contribution >= 0.6 is 0 Å². The van der Waals surface area contributed by atoms with Gasteiger partial charge in [-0.3, -0.25) is 4.98 Å². The Labute approximate surface area is 257 Å². The van der Waals surface area contributed by atoms with E-state index in [-0.39, 0.29) is 17.6 Å². The Hall–Kier alpha value is -4.90. The average Bonchev–Trinajstić information content (AvgIpc) is 3.63. The number of H-pyrrole nitrogens is 1. The second-order valence-electron chi connectivity index (χ2n) is 11.7. The highest BCUT2D eigenvalue weighted by Crippen LogP contribution is 2.44.